The first-order valence-corrected chi connectivity index (χ1v) is 6.08. The summed E-state index contributed by atoms with van der Waals surface area (Å²) >= 11 is 3.42. The van der Waals surface area contributed by atoms with Crippen molar-refractivity contribution in [3.8, 4) is 0 Å². The molecule has 88 valence electrons. The fourth-order valence-electron chi connectivity index (χ4n) is 1.43. The van der Waals surface area contributed by atoms with Crippen molar-refractivity contribution < 1.29 is 4.79 Å². The van der Waals surface area contributed by atoms with Gasteiger partial charge in [0.15, 0.2) is 0 Å². The Kier molecular flexibility index (Phi) is 4.96. The highest BCUT2D eigenvalue weighted by molar-refractivity contribution is 9.10. The Morgan fingerprint density at radius 2 is 2.06 bits per heavy atom. The second-order valence-electron chi connectivity index (χ2n) is 4.16. The van der Waals surface area contributed by atoms with Gasteiger partial charge in [-0.1, -0.05) is 48.0 Å². The first kappa shape index (κ1) is 13.2. The van der Waals surface area contributed by atoms with E-state index >= 15 is 0 Å². The average molecular weight is 285 g/mol. The maximum absolute atomic E-state index is 11.4. The van der Waals surface area contributed by atoms with Crippen molar-refractivity contribution in [3.63, 3.8) is 0 Å². The van der Waals surface area contributed by atoms with Crippen molar-refractivity contribution in [2.24, 2.45) is 11.7 Å². The largest absolute Gasteiger partial charge is 0.368 e. The van der Waals surface area contributed by atoms with E-state index in [1.165, 1.54) is 0 Å². The number of benzene rings is 1. The van der Waals surface area contributed by atoms with Gasteiger partial charge in [0.05, 0.1) is 0 Å². The van der Waals surface area contributed by atoms with E-state index in [-0.39, 0.29) is 5.91 Å². The van der Waals surface area contributed by atoms with Gasteiger partial charge in [-0.3, -0.25) is 4.79 Å². The zero-order valence-corrected chi connectivity index (χ0v) is 11.1. The average Bonchev–Trinajstić information content (AvgIpc) is 2.20. The maximum Gasteiger partial charge on any atom is 0.239 e. The van der Waals surface area contributed by atoms with Crippen molar-refractivity contribution in [2.75, 3.05) is 6.54 Å². The third kappa shape index (κ3) is 3.61. The molecule has 0 aliphatic heterocycles. The maximum atomic E-state index is 11.4. The summed E-state index contributed by atoms with van der Waals surface area (Å²) in [7, 11) is 0. The second-order valence-corrected chi connectivity index (χ2v) is 5.01. The highest BCUT2D eigenvalue weighted by Crippen LogP contribution is 2.23. The Morgan fingerprint density at radius 3 is 2.56 bits per heavy atom. The fourth-order valence-corrected chi connectivity index (χ4v) is 1.94. The number of hydrogen-bond acceptors (Lipinski definition) is 2. The molecule has 1 aromatic carbocycles. The third-order valence-corrected chi connectivity index (χ3v) is 2.95. The fraction of sp³-hybridized carbons (Fsp3) is 0.417. The topological polar surface area (TPSA) is 55.1 Å². The van der Waals surface area contributed by atoms with Crippen LogP contribution in [0.4, 0.5) is 0 Å². The molecule has 4 heteroatoms. The van der Waals surface area contributed by atoms with Gasteiger partial charge in [-0.15, -0.1) is 0 Å². The summed E-state index contributed by atoms with van der Waals surface area (Å²) in [5.74, 6) is 0.122. The molecule has 0 saturated carbocycles. The van der Waals surface area contributed by atoms with Crippen LogP contribution >= 0.6 is 15.9 Å². The van der Waals surface area contributed by atoms with Crippen LogP contribution in [-0.4, -0.2) is 12.5 Å². The molecule has 0 aliphatic rings. The molecule has 0 saturated heterocycles. The number of nitrogens with two attached hydrogens (primary N) is 1. The third-order valence-electron chi connectivity index (χ3n) is 2.23. The van der Waals surface area contributed by atoms with Crippen LogP contribution in [0.1, 0.15) is 25.5 Å². The number of primary amides is 1. The van der Waals surface area contributed by atoms with Gasteiger partial charge in [-0.25, -0.2) is 0 Å². The lowest BCUT2D eigenvalue weighted by molar-refractivity contribution is -0.120. The molecule has 1 unspecified atom stereocenters. The summed E-state index contributed by atoms with van der Waals surface area (Å²) in [6, 6.07) is 7.18. The summed E-state index contributed by atoms with van der Waals surface area (Å²) in [4.78, 5) is 11.4. The molecule has 1 rings (SSSR count). The van der Waals surface area contributed by atoms with Crippen LogP contribution in [0.5, 0.6) is 0 Å². The molecule has 0 aromatic heterocycles. The molecule has 0 fully saturated rings. The lowest BCUT2D eigenvalue weighted by Crippen LogP contribution is -2.35. The molecule has 1 amide bonds. The van der Waals surface area contributed by atoms with Crippen molar-refractivity contribution in [1.29, 1.82) is 0 Å². The molecule has 1 atom stereocenters. The Labute approximate surface area is 105 Å². The van der Waals surface area contributed by atoms with E-state index in [4.69, 9.17) is 5.73 Å². The predicted molar refractivity (Wildman–Crippen MR) is 68.9 cm³/mol. The van der Waals surface area contributed by atoms with Crippen molar-refractivity contribution in [2.45, 2.75) is 19.9 Å². The van der Waals surface area contributed by atoms with Gasteiger partial charge in [0.2, 0.25) is 5.91 Å². The minimum Gasteiger partial charge on any atom is -0.368 e. The number of carbonyl (C=O) groups excluding carboxylic acids is 1. The molecule has 3 nitrogen and oxygen atoms in total. The standard InChI is InChI=1S/C12H17BrN2O/c1-8(2)7-15-11(12(14)16)9-5-3-4-6-10(9)13/h3-6,8,11,15H,7H2,1-2H3,(H2,14,16). The zero-order valence-electron chi connectivity index (χ0n) is 9.53. The van der Waals surface area contributed by atoms with Gasteiger partial charge in [-0.05, 0) is 24.1 Å². The summed E-state index contributed by atoms with van der Waals surface area (Å²) in [6.07, 6.45) is 0. The number of halogens is 1. The van der Waals surface area contributed by atoms with Crippen LogP contribution in [-0.2, 0) is 4.79 Å². The smallest absolute Gasteiger partial charge is 0.239 e. The van der Waals surface area contributed by atoms with E-state index in [1.54, 1.807) is 0 Å². The van der Waals surface area contributed by atoms with E-state index < -0.39 is 6.04 Å². The highest BCUT2D eigenvalue weighted by atomic mass is 79.9. The molecule has 0 radical (unpaired) electrons. The summed E-state index contributed by atoms with van der Waals surface area (Å²) < 4.78 is 0.898. The van der Waals surface area contributed by atoms with Gasteiger partial charge in [0, 0.05) is 4.47 Å². The van der Waals surface area contributed by atoms with Gasteiger partial charge < -0.3 is 11.1 Å². The molecule has 0 aliphatic carbocycles. The van der Waals surface area contributed by atoms with E-state index in [2.05, 4.69) is 35.1 Å². The molecular formula is C12H17BrN2O. The quantitative estimate of drug-likeness (QED) is 0.871. The van der Waals surface area contributed by atoms with Gasteiger partial charge >= 0.3 is 0 Å². The Balaban J connectivity index is 2.86. The van der Waals surface area contributed by atoms with Gasteiger partial charge in [0.25, 0.3) is 0 Å². The lowest BCUT2D eigenvalue weighted by atomic mass is 10.1. The van der Waals surface area contributed by atoms with Crippen LogP contribution in [0.15, 0.2) is 28.7 Å². The Bertz CT molecular complexity index is 366. The molecule has 1 aromatic rings. The summed E-state index contributed by atoms with van der Waals surface area (Å²) in [6.45, 7) is 4.94. The molecule has 3 N–H and O–H groups in total. The number of hydrogen-bond donors (Lipinski definition) is 2. The van der Waals surface area contributed by atoms with Gasteiger partial charge in [0.1, 0.15) is 6.04 Å². The first-order valence-electron chi connectivity index (χ1n) is 5.29. The highest BCUT2D eigenvalue weighted by Gasteiger charge is 2.19. The van der Waals surface area contributed by atoms with E-state index in [0.717, 1.165) is 16.6 Å². The van der Waals surface area contributed by atoms with E-state index in [0.29, 0.717) is 5.92 Å². The molecular weight excluding hydrogens is 268 g/mol. The molecule has 0 heterocycles. The monoisotopic (exact) mass is 284 g/mol. The summed E-state index contributed by atoms with van der Waals surface area (Å²) in [5.41, 5.74) is 6.29. The van der Waals surface area contributed by atoms with Crippen LogP contribution in [0.3, 0.4) is 0 Å². The first-order chi connectivity index (χ1) is 7.52. The van der Waals surface area contributed by atoms with Gasteiger partial charge in [-0.2, -0.15) is 0 Å². The molecule has 0 spiro atoms. The summed E-state index contributed by atoms with van der Waals surface area (Å²) in [5, 5.41) is 3.17. The molecule has 0 bridgehead atoms. The van der Waals surface area contributed by atoms with Crippen LogP contribution in [0, 0.1) is 5.92 Å². The number of rotatable bonds is 5. The second kappa shape index (κ2) is 6.01. The predicted octanol–water partition coefficient (Wildman–Crippen LogP) is 2.22. The molecule has 16 heavy (non-hydrogen) atoms. The van der Waals surface area contributed by atoms with E-state index in [9.17, 15) is 4.79 Å². The van der Waals surface area contributed by atoms with E-state index in [1.807, 2.05) is 24.3 Å². The Hall–Kier alpha value is -0.870. The van der Waals surface area contributed by atoms with Crippen LogP contribution < -0.4 is 11.1 Å². The minimum absolute atomic E-state index is 0.354. The Morgan fingerprint density at radius 1 is 1.44 bits per heavy atom. The number of amides is 1. The normalized spacial score (nSPS) is 12.8. The van der Waals surface area contributed by atoms with Crippen LogP contribution in [0.2, 0.25) is 0 Å². The number of carbonyl (C=O) groups is 1. The van der Waals surface area contributed by atoms with Crippen molar-refractivity contribution in [1.82, 2.24) is 5.32 Å². The van der Waals surface area contributed by atoms with Crippen molar-refractivity contribution in [3.05, 3.63) is 34.3 Å². The minimum atomic E-state index is -0.432. The van der Waals surface area contributed by atoms with Crippen molar-refractivity contribution >= 4 is 21.8 Å². The lowest BCUT2D eigenvalue weighted by Gasteiger charge is -2.18. The SMILES string of the molecule is CC(C)CNC(C(N)=O)c1ccccc1Br. The number of nitrogens with one attached hydrogen (secondary N) is 1. The zero-order chi connectivity index (χ0) is 12.1. The van der Waals surface area contributed by atoms with Crippen LogP contribution in [0.25, 0.3) is 0 Å².